The smallest absolute Gasteiger partial charge is 0.265 e. The number of amides is 1. The number of aryl methyl sites for hydroxylation is 3. The Labute approximate surface area is 217 Å². The zero-order valence-electron chi connectivity index (χ0n) is 21.2. The molecule has 0 spiro atoms. The number of nitrogens with one attached hydrogen (secondary N) is 1. The van der Waals surface area contributed by atoms with Crippen LogP contribution in [0.2, 0.25) is 0 Å². The fraction of sp³-hybridized carbons (Fsp3) is 0.179. The van der Waals surface area contributed by atoms with Gasteiger partial charge in [0.05, 0.1) is 11.1 Å². The van der Waals surface area contributed by atoms with Gasteiger partial charge >= 0.3 is 0 Å². The van der Waals surface area contributed by atoms with E-state index in [2.05, 4.69) is 52.1 Å². The van der Waals surface area contributed by atoms with E-state index in [-0.39, 0.29) is 10.7 Å². The first-order valence-corrected chi connectivity index (χ1v) is 13.2. The van der Waals surface area contributed by atoms with Gasteiger partial charge in [-0.05, 0) is 81.3 Å². The van der Waals surface area contributed by atoms with Gasteiger partial charge in [-0.2, -0.15) is 5.10 Å². The number of carbonyl (C=O) groups is 1. The number of carbonyl (C=O) groups excluding carboxylic acids is 1. The normalized spacial score (nSPS) is 11.6. The first-order chi connectivity index (χ1) is 17.7. The average molecular weight is 516 g/mol. The van der Waals surface area contributed by atoms with Gasteiger partial charge in [-0.25, -0.2) is 23.1 Å². The lowest BCUT2D eigenvalue weighted by Crippen LogP contribution is -2.40. The SMILES string of the molecule is Cc1ccc(-n2c(C)cc(/C=N/NC(=O)CN(c3ccccn3)S(=O)(=O)c3ccccc3)c2C)cc1C. The zero-order valence-corrected chi connectivity index (χ0v) is 22.0. The third-order valence-electron chi connectivity index (χ3n) is 6.14. The highest BCUT2D eigenvalue weighted by molar-refractivity contribution is 7.92. The molecule has 4 rings (SSSR count). The summed E-state index contributed by atoms with van der Waals surface area (Å²) in [5.41, 5.74) is 8.79. The third-order valence-corrected chi connectivity index (χ3v) is 7.90. The van der Waals surface area contributed by atoms with E-state index in [1.165, 1.54) is 29.5 Å². The van der Waals surface area contributed by atoms with Gasteiger partial charge in [-0.3, -0.25) is 4.79 Å². The molecule has 190 valence electrons. The molecule has 4 aromatic rings. The molecule has 0 bridgehead atoms. The van der Waals surface area contributed by atoms with Crippen molar-refractivity contribution in [1.29, 1.82) is 0 Å². The predicted octanol–water partition coefficient (Wildman–Crippen LogP) is 4.45. The van der Waals surface area contributed by atoms with Crippen LogP contribution in [0.3, 0.4) is 0 Å². The molecule has 37 heavy (non-hydrogen) atoms. The number of sulfonamides is 1. The number of aromatic nitrogens is 2. The first-order valence-electron chi connectivity index (χ1n) is 11.8. The Morgan fingerprint density at radius 1 is 0.973 bits per heavy atom. The van der Waals surface area contributed by atoms with Crippen molar-refractivity contribution in [2.75, 3.05) is 10.8 Å². The summed E-state index contributed by atoms with van der Waals surface area (Å²) in [4.78, 5) is 17.0. The van der Waals surface area contributed by atoms with E-state index < -0.39 is 22.5 Å². The topological polar surface area (TPSA) is 96.7 Å². The number of nitrogens with zero attached hydrogens (tertiary/aromatic N) is 4. The van der Waals surface area contributed by atoms with Crippen molar-refractivity contribution in [3.05, 3.63) is 107 Å². The molecular weight excluding hydrogens is 486 g/mol. The molecule has 2 aromatic heterocycles. The fourth-order valence-electron chi connectivity index (χ4n) is 4.03. The van der Waals surface area contributed by atoms with Crippen LogP contribution in [0.5, 0.6) is 0 Å². The quantitative estimate of drug-likeness (QED) is 0.277. The van der Waals surface area contributed by atoms with Crippen molar-refractivity contribution < 1.29 is 13.2 Å². The summed E-state index contributed by atoms with van der Waals surface area (Å²) < 4.78 is 29.7. The maximum atomic E-state index is 13.3. The van der Waals surface area contributed by atoms with Crippen molar-refractivity contribution in [2.45, 2.75) is 32.6 Å². The summed E-state index contributed by atoms with van der Waals surface area (Å²) in [6.07, 6.45) is 3.04. The summed E-state index contributed by atoms with van der Waals surface area (Å²) in [6, 6.07) is 21.1. The van der Waals surface area contributed by atoms with Crippen molar-refractivity contribution in [3.63, 3.8) is 0 Å². The van der Waals surface area contributed by atoms with Crippen LogP contribution in [0.15, 0.2) is 89.0 Å². The molecule has 0 saturated carbocycles. The second kappa shape index (κ2) is 10.8. The molecule has 2 heterocycles. The largest absolute Gasteiger partial charge is 0.318 e. The van der Waals surface area contributed by atoms with E-state index in [4.69, 9.17) is 0 Å². The van der Waals surface area contributed by atoms with Gasteiger partial charge < -0.3 is 4.57 Å². The zero-order chi connectivity index (χ0) is 26.6. The molecule has 1 amide bonds. The highest BCUT2D eigenvalue weighted by atomic mass is 32.2. The molecule has 9 heteroatoms. The van der Waals surface area contributed by atoms with Crippen LogP contribution in [-0.2, 0) is 14.8 Å². The molecule has 0 atom stereocenters. The second-order valence-corrected chi connectivity index (χ2v) is 10.6. The highest BCUT2D eigenvalue weighted by Crippen LogP contribution is 2.23. The lowest BCUT2D eigenvalue weighted by Gasteiger charge is -2.22. The van der Waals surface area contributed by atoms with Gasteiger partial charge in [0.2, 0.25) is 0 Å². The van der Waals surface area contributed by atoms with Crippen molar-refractivity contribution >= 4 is 28.0 Å². The molecule has 0 aliphatic rings. The molecule has 1 N–H and O–H groups in total. The summed E-state index contributed by atoms with van der Waals surface area (Å²) in [6.45, 7) is 7.68. The molecule has 0 aliphatic heterocycles. The number of hydrazone groups is 1. The number of hydrogen-bond acceptors (Lipinski definition) is 5. The molecule has 0 saturated heterocycles. The van der Waals surface area contributed by atoms with Gasteiger partial charge in [-0.1, -0.05) is 30.3 Å². The standard InChI is InChI=1S/C28H29N5O3S/c1-20-13-14-25(16-21(20)2)33-22(3)17-24(23(33)4)18-30-31-28(34)19-32(27-12-8-9-15-29-27)37(35,36)26-10-6-5-7-11-26/h5-18H,19H2,1-4H3,(H,31,34)/b30-18+. The lowest BCUT2D eigenvalue weighted by atomic mass is 10.1. The van der Waals surface area contributed by atoms with Gasteiger partial charge in [0, 0.05) is 28.8 Å². The van der Waals surface area contributed by atoms with Crippen LogP contribution in [-0.4, -0.2) is 36.6 Å². The monoisotopic (exact) mass is 515 g/mol. The van der Waals surface area contributed by atoms with Crippen LogP contribution in [0.25, 0.3) is 5.69 Å². The maximum Gasteiger partial charge on any atom is 0.265 e. The van der Waals surface area contributed by atoms with Crippen LogP contribution >= 0.6 is 0 Å². The molecule has 2 aromatic carbocycles. The maximum absolute atomic E-state index is 13.3. The molecule has 0 fully saturated rings. The number of hydrogen-bond donors (Lipinski definition) is 1. The van der Waals surface area contributed by atoms with E-state index in [1.54, 1.807) is 42.6 Å². The van der Waals surface area contributed by atoms with Crippen LogP contribution in [0, 0.1) is 27.7 Å². The molecule has 0 radical (unpaired) electrons. The van der Waals surface area contributed by atoms with Crippen molar-refractivity contribution in [2.24, 2.45) is 5.10 Å². The van der Waals surface area contributed by atoms with Crippen LogP contribution < -0.4 is 9.73 Å². The van der Waals surface area contributed by atoms with E-state index in [0.717, 1.165) is 26.9 Å². The minimum absolute atomic E-state index is 0.0655. The van der Waals surface area contributed by atoms with E-state index >= 15 is 0 Å². The summed E-state index contributed by atoms with van der Waals surface area (Å²) in [5.74, 6) is -0.452. The molecule has 0 unspecified atom stereocenters. The molecular formula is C28H29N5O3S. The Hall–Kier alpha value is -4.24. The summed E-state index contributed by atoms with van der Waals surface area (Å²) in [7, 11) is -4.02. The van der Waals surface area contributed by atoms with Crippen LogP contribution in [0.1, 0.15) is 28.1 Å². The number of rotatable bonds is 8. The minimum atomic E-state index is -4.02. The first kappa shape index (κ1) is 25.8. The summed E-state index contributed by atoms with van der Waals surface area (Å²) >= 11 is 0. The summed E-state index contributed by atoms with van der Waals surface area (Å²) in [5, 5.41) is 4.10. The lowest BCUT2D eigenvalue weighted by molar-refractivity contribution is -0.119. The minimum Gasteiger partial charge on any atom is -0.318 e. The van der Waals surface area contributed by atoms with E-state index in [1.807, 2.05) is 19.9 Å². The predicted molar refractivity (Wildman–Crippen MR) is 146 cm³/mol. The van der Waals surface area contributed by atoms with E-state index in [9.17, 15) is 13.2 Å². The van der Waals surface area contributed by atoms with Gasteiger partial charge in [-0.15, -0.1) is 0 Å². The molecule has 8 nitrogen and oxygen atoms in total. The highest BCUT2D eigenvalue weighted by Gasteiger charge is 2.27. The van der Waals surface area contributed by atoms with Crippen molar-refractivity contribution in [1.82, 2.24) is 15.0 Å². The Kier molecular flexibility index (Phi) is 7.54. The molecule has 0 aliphatic carbocycles. The fourth-order valence-corrected chi connectivity index (χ4v) is 5.43. The van der Waals surface area contributed by atoms with Gasteiger partial charge in [0.25, 0.3) is 15.9 Å². The average Bonchev–Trinajstić information content (AvgIpc) is 3.17. The van der Waals surface area contributed by atoms with Gasteiger partial charge in [0.15, 0.2) is 0 Å². The van der Waals surface area contributed by atoms with Gasteiger partial charge in [0.1, 0.15) is 12.4 Å². The number of pyridine rings is 1. The van der Waals surface area contributed by atoms with Crippen LogP contribution in [0.4, 0.5) is 5.82 Å². The third kappa shape index (κ3) is 5.62. The Bertz CT molecular complexity index is 1550. The van der Waals surface area contributed by atoms with E-state index in [0.29, 0.717) is 0 Å². The Morgan fingerprint density at radius 2 is 1.70 bits per heavy atom. The number of benzene rings is 2. The second-order valence-electron chi connectivity index (χ2n) is 8.74. The Morgan fingerprint density at radius 3 is 2.38 bits per heavy atom. The number of anilines is 1. The Balaban J connectivity index is 1.53. The van der Waals surface area contributed by atoms with Crippen molar-refractivity contribution in [3.8, 4) is 5.69 Å².